The van der Waals surface area contributed by atoms with E-state index in [4.69, 9.17) is 16.3 Å². The summed E-state index contributed by atoms with van der Waals surface area (Å²) in [6, 6.07) is 3.84. The Labute approximate surface area is 134 Å². The van der Waals surface area contributed by atoms with Gasteiger partial charge in [0.1, 0.15) is 4.90 Å². The highest BCUT2D eigenvalue weighted by Gasteiger charge is 2.35. The van der Waals surface area contributed by atoms with Gasteiger partial charge in [-0.25, -0.2) is 12.8 Å². The summed E-state index contributed by atoms with van der Waals surface area (Å²) >= 11 is 5.65. The normalized spacial score (nSPS) is 19.9. The van der Waals surface area contributed by atoms with E-state index in [9.17, 15) is 17.6 Å². The highest BCUT2D eigenvalue weighted by atomic mass is 35.5. The molecule has 1 heterocycles. The minimum absolute atomic E-state index is 0.00683. The van der Waals surface area contributed by atoms with Crippen molar-refractivity contribution in [2.24, 2.45) is 5.92 Å². The SMILES string of the molecule is CCOC(=O)C1CCCN(S(=O)(=O)c2cccc(Cl)c2F)C1. The lowest BCUT2D eigenvalue weighted by atomic mass is 10.0. The van der Waals surface area contributed by atoms with Crippen molar-refractivity contribution >= 4 is 27.6 Å². The smallest absolute Gasteiger partial charge is 0.310 e. The largest absolute Gasteiger partial charge is 0.466 e. The summed E-state index contributed by atoms with van der Waals surface area (Å²) in [5, 5.41) is -0.250. The minimum atomic E-state index is -4.03. The molecule has 1 aliphatic rings. The van der Waals surface area contributed by atoms with Gasteiger partial charge in [0.25, 0.3) is 0 Å². The van der Waals surface area contributed by atoms with Crippen LogP contribution in [0.1, 0.15) is 19.8 Å². The van der Waals surface area contributed by atoms with Crippen molar-refractivity contribution < 1.29 is 22.3 Å². The number of sulfonamides is 1. The molecule has 0 bridgehead atoms. The van der Waals surface area contributed by atoms with Gasteiger partial charge in [0.05, 0.1) is 17.5 Å². The van der Waals surface area contributed by atoms with Gasteiger partial charge in [0.15, 0.2) is 5.82 Å². The molecule has 2 rings (SSSR count). The standard InChI is InChI=1S/C14H17ClFNO4S/c1-2-21-14(18)10-5-4-8-17(9-10)22(19,20)12-7-3-6-11(15)13(12)16/h3,6-7,10H,2,4-5,8-9H2,1H3. The van der Waals surface area contributed by atoms with Crippen molar-refractivity contribution in [1.82, 2.24) is 4.31 Å². The molecule has 22 heavy (non-hydrogen) atoms. The summed E-state index contributed by atoms with van der Waals surface area (Å²) in [5.74, 6) is -1.91. The maximum Gasteiger partial charge on any atom is 0.310 e. The number of carbonyl (C=O) groups excluding carboxylic acids is 1. The molecule has 1 aliphatic heterocycles. The number of rotatable bonds is 4. The van der Waals surface area contributed by atoms with Crippen molar-refractivity contribution in [3.63, 3.8) is 0 Å². The van der Waals surface area contributed by atoms with Crippen LogP contribution in [0.15, 0.2) is 23.1 Å². The van der Waals surface area contributed by atoms with Crippen molar-refractivity contribution in [3.8, 4) is 0 Å². The van der Waals surface area contributed by atoms with Gasteiger partial charge in [0.2, 0.25) is 10.0 Å². The molecule has 122 valence electrons. The number of esters is 1. The molecule has 1 unspecified atom stereocenters. The number of hydrogen-bond donors (Lipinski definition) is 0. The van der Waals surface area contributed by atoms with Gasteiger partial charge in [-0.1, -0.05) is 17.7 Å². The number of benzene rings is 1. The number of hydrogen-bond acceptors (Lipinski definition) is 4. The molecule has 0 aliphatic carbocycles. The first kappa shape index (κ1) is 17.2. The maximum absolute atomic E-state index is 14.0. The molecule has 0 saturated carbocycles. The summed E-state index contributed by atoms with van der Waals surface area (Å²) in [6.07, 6.45) is 1.08. The molecular formula is C14H17ClFNO4S. The van der Waals surface area contributed by atoms with Gasteiger partial charge < -0.3 is 4.74 Å². The number of nitrogens with zero attached hydrogens (tertiary/aromatic N) is 1. The van der Waals surface area contributed by atoms with E-state index in [1.807, 2.05) is 0 Å². The van der Waals surface area contributed by atoms with Crippen LogP contribution in [0.5, 0.6) is 0 Å². The van der Waals surface area contributed by atoms with Gasteiger partial charge in [-0.05, 0) is 31.9 Å². The summed E-state index contributed by atoms with van der Waals surface area (Å²) in [6.45, 7) is 2.17. The van der Waals surface area contributed by atoms with Gasteiger partial charge >= 0.3 is 5.97 Å². The van der Waals surface area contributed by atoms with Crippen LogP contribution < -0.4 is 0 Å². The first-order chi connectivity index (χ1) is 10.4. The van der Waals surface area contributed by atoms with Crippen LogP contribution in [0.2, 0.25) is 5.02 Å². The fourth-order valence-corrected chi connectivity index (χ4v) is 4.28. The Kier molecular flexibility index (Phi) is 5.41. The predicted molar refractivity (Wildman–Crippen MR) is 79.5 cm³/mol. The van der Waals surface area contributed by atoms with Gasteiger partial charge in [-0.3, -0.25) is 4.79 Å². The third-order valence-electron chi connectivity index (χ3n) is 3.54. The second-order valence-corrected chi connectivity index (χ2v) is 7.32. The molecule has 1 aromatic rings. The third-order valence-corrected chi connectivity index (χ3v) is 5.71. The third kappa shape index (κ3) is 3.42. The van der Waals surface area contributed by atoms with Crippen LogP contribution in [0.3, 0.4) is 0 Å². The van der Waals surface area contributed by atoms with Crippen LogP contribution in [-0.2, 0) is 19.6 Å². The first-order valence-corrected chi connectivity index (χ1v) is 8.80. The molecule has 1 atom stereocenters. The summed E-state index contributed by atoms with van der Waals surface area (Å²) in [5.41, 5.74) is 0. The van der Waals surface area contributed by atoms with E-state index in [1.165, 1.54) is 18.2 Å². The second kappa shape index (κ2) is 6.93. The molecule has 1 fully saturated rings. The highest BCUT2D eigenvalue weighted by molar-refractivity contribution is 7.89. The maximum atomic E-state index is 14.0. The zero-order chi connectivity index (χ0) is 16.3. The Morgan fingerprint density at radius 1 is 1.50 bits per heavy atom. The van der Waals surface area contributed by atoms with Crippen LogP contribution in [0.4, 0.5) is 4.39 Å². The average molecular weight is 350 g/mol. The first-order valence-electron chi connectivity index (χ1n) is 6.98. The van der Waals surface area contributed by atoms with E-state index in [2.05, 4.69) is 0 Å². The second-order valence-electron chi connectivity index (χ2n) is 5.01. The Hall–Kier alpha value is -1.18. The molecule has 8 heteroatoms. The zero-order valence-corrected chi connectivity index (χ0v) is 13.7. The van der Waals surface area contributed by atoms with Crippen LogP contribution in [0.25, 0.3) is 0 Å². The Morgan fingerprint density at radius 2 is 2.23 bits per heavy atom. The molecule has 0 radical (unpaired) electrons. The molecule has 0 amide bonds. The Morgan fingerprint density at radius 3 is 2.91 bits per heavy atom. The van der Waals surface area contributed by atoms with Crippen molar-refractivity contribution in [1.29, 1.82) is 0 Å². The summed E-state index contributed by atoms with van der Waals surface area (Å²) in [4.78, 5) is 11.3. The predicted octanol–water partition coefficient (Wildman–Crippen LogP) is 2.44. The van der Waals surface area contributed by atoms with Gasteiger partial charge in [-0.2, -0.15) is 4.31 Å². The van der Waals surface area contributed by atoms with E-state index in [1.54, 1.807) is 6.92 Å². The van der Waals surface area contributed by atoms with E-state index >= 15 is 0 Å². The number of piperidine rings is 1. The molecule has 1 aromatic carbocycles. The number of ether oxygens (including phenoxy) is 1. The van der Waals surface area contributed by atoms with Crippen molar-refractivity contribution in [2.75, 3.05) is 19.7 Å². The minimum Gasteiger partial charge on any atom is -0.466 e. The molecular weight excluding hydrogens is 333 g/mol. The molecule has 0 N–H and O–H groups in total. The summed E-state index contributed by atoms with van der Waals surface area (Å²) in [7, 11) is -4.03. The number of halogens is 2. The fraction of sp³-hybridized carbons (Fsp3) is 0.500. The van der Waals surface area contributed by atoms with Crippen molar-refractivity contribution in [3.05, 3.63) is 29.0 Å². The molecule has 5 nitrogen and oxygen atoms in total. The fourth-order valence-electron chi connectivity index (χ4n) is 2.44. The van der Waals surface area contributed by atoms with E-state index < -0.39 is 32.6 Å². The Bertz CT molecular complexity index is 665. The molecule has 0 spiro atoms. The van der Waals surface area contributed by atoms with Crippen LogP contribution in [0, 0.1) is 11.7 Å². The van der Waals surface area contributed by atoms with Crippen molar-refractivity contribution in [2.45, 2.75) is 24.7 Å². The van der Waals surface area contributed by atoms with Crippen LogP contribution >= 0.6 is 11.6 Å². The topological polar surface area (TPSA) is 63.7 Å². The summed E-state index contributed by atoms with van der Waals surface area (Å²) < 4.78 is 45.2. The van der Waals surface area contributed by atoms with Crippen LogP contribution in [-0.4, -0.2) is 38.4 Å². The van der Waals surface area contributed by atoms with Gasteiger partial charge in [0, 0.05) is 13.1 Å². The van der Waals surface area contributed by atoms with E-state index in [-0.39, 0.29) is 24.7 Å². The molecule has 0 aromatic heterocycles. The van der Waals surface area contributed by atoms with E-state index in [0.29, 0.717) is 12.8 Å². The average Bonchev–Trinajstić information content (AvgIpc) is 2.50. The quantitative estimate of drug-likeness (QED) is 0.783. The van der Waals surface area contributed by atoms with Gasteiger partial charge in [-0.15, -0.1) is 0 Å². The lowest BCUT2D eigenvalue weighted by Gasteiger charge is -2.30. The highest BCUT2D eigenvalue weighted by Crippen LogP contribution is 2.28. The Balaban J connectivity index is 2.26. The number of carbonyl (C=O) groups is 1. The lowest BCUT2D eigenvalue weighted by molar-refractivity contribution is -0.149. The monoisotopic (exact) mass is 349 g/mol. The van der Waals surface area contributed by atoms with E-state index in [0.717, 1.165) is 4.31 Å². The lowest BCUT2D eigenvalue weighted by Crippen LogP contribution is -2.43. The zero-order valence-electron chi connectivity index (χ0n) is 12.1. The molecule has 1 saturated heterocycles.